The first-order chi connectivity index (χ1) is 5.68. The van der Waals surface area contributed by atoms with Crippen LogP contribution in [0.1, 0.15) is 11.3 Å². The second-order valence-electron chi connectivity index (χ2n) is 2.96. The quantitative estimate of drug-likeness (QED) is 0.609. The van der Waals surface area contributed by atoms with Crippen LogP contribution in [0.3, 0.4) is 0 Å². The van der Waals surface area contributed by atoms with Crippen molar-refractivity contribution in [2.75, 3.05) is 0 Å². The molecule has 0 spiro atoms. The molecule has 0 radical (unpaired) electrons. The lowest BCUT2D eigenvalue weighted by atomic mass is 10.3. The molecular weight excluding hydrogens is 172 g/mol. The highest BCUT2D eigenvalue weighted by Crippen LogP contribution is 2.18. The molecule has 0 saturated carbocycles. The molecule has 0 N–H and O–H groups in total. The molecular formula is C9H9ClN2. The number of imidazole rings is 1. The third-order valence-corrected chi connectivity index (χ3v) is 2.16. The number of halogens is 1. The van der Waals surface area contributed by atoms with Crippen molar-refractivity contribution in [1.29, 1.82) is 0 Å². The fourth-order valence-electron chi connectivity index (χ4n) is 1.29. The molecule has 2 aromatic rings. The number of aryl methyl sites for hydroxylation is 2. The number of hydrogen-bond donors (Lipinski definition) is 0. The van der Waals surface area contributed by atoms with E-state index < -0.39 is 0 Å². The second-order valence-corrected chi connectivity index (χ2v) is 3.37. The van der Waals surface area contributed by atoms with E-state index in [-0.39, 0.29) is 0 Å². The van der Waals surface area contributed by atoms with Crippen molar-refractivity contribution in [3.63, 3.8) is 0 Å². The van der Waals surface area contributed by atoms with Crippen LogP contribution in [-0.2, 0) is 0 Å². The molecule has 0 amide bonds. The van der Waals surface area contributed by atoms with Crippen LogP contribution >= 0.6 is 11.6 Å². The van der Waals surface area contributed by atoms with Gasteiger partial charge in [-0.25, -0.2) is 4.98 Å². The summed E-state index contributed by atoms with van der Waals surface area (Å²) in [5.74, 6) is 0. The van der Waals surface area contributed by atoms with Gasteiger partial charge in [0, 0.05) is 18.1 Å². The van der Waals surface area contributed by atoms with E-state index in [1.54, 1.807) is 0 Å². The standard InChI is InChI=1S/C9H9ClN2/c1-6-3-8(10)9-11-4-7(2)12(9)5-6/h3-5H,1-2H3. The average Bonchev–Trinajstić information content (AvgIpc) is 2.33. The maximum Gasteiger partial charge on any atom is 0.155 e. The lowest BCUT2D eigenvalue weighted by molar-refractivity contribution is 1.09. The summed E-state index contributed by atoms with van der Waals surface area (Å²) in [7, 11) is 0. The Labute approximate surface area is 75.8 Å². The van der Waals surface area contributed by atoms with Gasteiger partial charge < -0.3 is 4.40 Å². The van der Waals surface area contributed by atoms with E-state index in [0.29, 0.717) is 5.02 Å². The average molecular weight is 181 g/mol. The molecule has 12 heavy (non-hydrogen) atoms. The van der Waals surface area contributed by atoms with Crippen molar-refractivity contribution in [3.8, 4) is 0 Å². The van der Waals surface area contributed by atoms with Gasteiger partial charge in [-0.2, -0.15) is 0 Å². The van der Waals surface area contributed by atoms with Gasteiger partial charge in [-0.1, -0.05) is 11.6 Å². The first-order valence-corrected chi connectivity index (χ1v) is 4.16. The first-order valence-electron chi connectivity index (χ1n) is 3.78. The van der Waals surface area contributed by atoms with E-state index in [9.17, 15) is 0 Å². The van der Waals surface area contributed by atoms with E-state index in [0.717, 1.165) is 16.9 Å². The number of hydrogen-bond acceptors (Lipinski definition) is 1. The molecule has 0 fully saturated rings. The molecule has 2 aromatic heterocycles. The Balaban J connectivity index is 2.92. The molecule has 0 aliphatic carbocycles. The van der Waals surface area contributed by atoms with Gasteiger partial charge in [0.2, 0.25) is 0 Å². The molecule has 0 aliphatic heterocycles. The Hall–Kier alpha value is -1.02. The van der Waals surface area contributed by atoms with Crippen LogP contribution < -0.4 is 0 Å². The monoisotopic (exact) mass is 180 g/mol. The molecule has 0 aliphatic rings. The highest BCUT2D eigenvalue weighted by molar-refractivity contribution is 6.33. The minimum absolute atomic E-state index is 0.711. The Morgan fingerprint density at radius 2 is 2.17 bits per heavy atom. The van der Waals surface area contributed by atoms with E-state index >= 15 is 0 Å². The van der Waals surface area contributed by atoms with Gasteiger partial charge in [0.15, 0.2) is 5.65 Å². The molecule has 0 atom stereocenters. The van der Waals surface area contributed by atoms with Gasteiger partial charge in [-0.15, -0.1) is 0 Å². The summed E-state index contributed by atoms with van der Waals surface area (Å²) in [6, 6.07) is 1.92. The molecule has 2 heterocycles. The summed E-state index contributed by atoms with van der Waals surface area (Å²) in [6.45, 7) is 4.03. The van der Waals surface area contributed by atoms with Gasteiger partial charge in [-0.05, 0) is 25.5 Å². The zero-order valence-corrected chi connectivity index (χ0v) is 7.76. The maximum atomic E-state index is 5.99. The summed E-state index contributed by atoms with van der Waals surface area (Å²) in [5.41, 5.74) is 3.09. The number of rotatable bonds is 0. The normalized spacial score (nSPS) is 10.9. The van der Waals surface area contributed by atoms with Gasteiger partial charge >= 0.3 is 0 Å². The van der Waals surface area contributed by atoms with Crippen LogP contribution in [-0.4, -0.2) is 9.38 Å². The predicted molar refractivity (Wildman–Crippen MR) is 49.7 cm³/mol. The molecule has 3 heteroatoms. The summed E-state index contributed by atoms with van der Waals surface area (Å²) in [4.78, 5) is 4.19. The zero-order valence-electron chi connectivity index (χ0n) is 7.00. The van der Waals surface area contributed by atoms with Crippen molar-refractivity contribution < 1.29 is 0 Å². The topological polar surface area (TPSA) is 17.3 Å². The van der Waals surface area contributed by atoms with E-state index in [1.165, 1.54) is 0 Å². The third kappa shape index (κ3) is 0.994. The van der Waals surface area contributed by atoms with Crippen LogP contribution in [0.15, 0.2) is 18.5 Å². The van der Waals surface area contributed by atoms with Gasteiger partial charge in [0.1, 0.15) is 0 Å². The van der Waals surface area contributed by atoms with Gasteiger partial charge in [0.05, 0.1) is 5.02 Å². The summed E-state index contributed by atoms with van der Waals surface area (Å²) in [6.07, 6.45) is 3.85. The van der Waals surface area contributed by atoms with Crippen molar-refractivity contribution in [1.82, 2.24) is 9.38 Å². The molecule has 62 valence electrons. The van der Waals surface area contributed by atoms with Crippen LogP contribution in [0.25, 0.3) is 5.65 Å². The SMILES string of the molecule is Cc1cc(Cl)c2ncc(C)n2c1. The van der Waals surface area contributed by atoms with Crippen molar-refractivity contribution in [2.45, 2.75) is 13.8 Å². The Morgan fingerprint density at radius 3 is 2.92 bits per heavy atom. The summed E-state index contributed by atoms with van der Waals surface area (Å²) in [5, 5.41) is 0.711. The Bertz CT molecular complexity index is 431. The molecule has 0 bridgehead atoms. The first kappa shape index (κ1) is 7.62. The van der Waals surface area contributed by atoms with Crippen LogP contribution in [0, 0.1) is 13.8 Å². The Kier molecular flexibility index (Phi) is 1.58. The van der Waals surface area contributed by atoms with Crippen molar-refractivity contribution in [2.24, 2.45) is 0 Å². The van der Waals surface area contributed by atoms with Crippen LogP contribution in [0.5, 0.6) is 0 Å². The third-order valence-electron chi connectivity index (χ3n) is 1.88. The lowest BCUT2D eigenvalue weighted by Crippen LogP contribution is -1.89. The van der Waals surface area contributed by atoms with Crippen LogP contribution in [0.4, 0.5) is 0 Å². The molecule has 0 aromatic carbocycles. The van der Waals surface area contributed by atoms with E-state index in [2.05, 4.69) is 4.98 Å². The number of aromatic nitrogens is 2. The van der Waals surface area contributed by atoms with Crippen molar-refractivity contribution in [3.05, 3.63) is 34.7 Å². The minimum atomic E-state index is 0.711. The van der Waals surface area contributed by atoms with Crippen LogP contribution in [0.2, 0.25) is 5.02 Å². The van der Waals surface area contributed by atoms with Gasteiger partial charge in [0.25, 0.3) is 0 Å². The largest absolute Gasteiger partial charge is 0.303 e. The maximum absolute atomic E-state index is 5.99. The Morgan fingerprint density at radius 1 is 1.42 bits per heavy atom. The summed E-state index contributed by atoms with van der Waals surface area (Å²) < 4.78 is 2.00. The highest BCUT2D eigenvalue weighted by atomic mass is 35.5. The number of fused-ring (bicyclic) bond motifs is 1. The predicted octanol–water partition coefficient (Wildman–Crippen LogP) is 2.60. The summed E-state index contributed by atoms with van der Waals surface area (Å²) >= 11 is 5.99. The zero-order chi connectivity index (χ0) is 8.72. The van der Waals surface area contributed by atoms with Gasteiger partial charge in [-0.3, -0.25) is 0 Å². The van der Waals surface area contributed by atoms with E-state index in [1.807, 2.05) is 36.7 Å². The number of pyridine rings is 1. The molecule has 0 unspecified atom stereocenters. The highest BCUT2D eigenvalue weighted by Gasteiger charge is 2.03. The lowest BCUT2D eigenvalue weighted by Gasteiger charge is -1.99. The second kappa shape index (κ2) is 2.49. The molecule has 2 rings (SSSR count). The molecule has 0 saturated heterocycles. The number of nitrogens with zero attached hydrogens (tertiary/aromatic N) is 2. The molecule has 2 nitrogen and oxygen atoms in total. The van der Waals surface area contributed by atoms with Crippen molar-refractivity contribution >= 4 is 17.2 Å². The smallest absolute Gasteiger partial charge is 0.155 e. The fraction of sp³-hybridized carbons (Fsp3) is 0.222. The minimum Gasteiger partial charge on any atom is -0.303 e. The fourth-order valence-corrected chi connectivity index (χ4v) is 1.60. The van der Waals surface area contributed by atoms with E-state index in [4.69, 9.17) is 11.6 Å².